The van der Waals surface area contributed by atoms with Crippen molar-refractivity contribution < 1.29 is 18.3 Å². The molecule has 0 fully saturated rings. The minimum atomic E-state index is -4.51. The van der Waals surface area contributed by atoms with Gasteiger partial charge in [0.25, 0.3) is 0 Å². The van der Waals surface area contributed by atoms with E-state index in [-0.39, 0.29) is 24.8 Å². The molecule has 2 aromatic heterocycles. The molecule has 2 rings (SSSR count). The number of alkyl halides is 3. The van der Waals surface area contributed by atoms with Crippen LogP contribution in [0.5, 0.6) is 0 Å². The summed E-state index contributed by atoms with van der Waals surface area (Å²) in [7, 11) is 0. The van der Waals surface area contributed by atoms with Crippen molar-refractivity contribution >= 4 is 5.95 Å². The smallest absolute Gasteiger partial charge is 0.390 e. The Hall–Kier alpha value is -2.22. The van der Waals surface area contributed by atoms with E-state index < -0.39 is 11.9 Å². The Morgan fingerprint density at radius 3 is 2.52 bits per heavy atom. The molecule has 112 valence electrons. The van der Waals surface area contributed by atoms with Gasteiger partial charge in [0, 0.05) is 5.69 Å². The lowest BCUT2D eigenvalue weighted by atomic mass is 10.3. The zero-order valence-electron chi connectivity index (χ0n) is 11.1. The first-order chi connectivity index (χ1) is 9.88. The standard InChI is InChI=1S/C13H13F3N4O/c1-8-5-11(13(14,15)16)20-12(18-8)17-6-9-3-2-4-10(7-21)19-9/h2-5,21H,6-7H2,1H3,(H,17,18,20). The van der Waals surface area contributed by atoms with Crippen molar-refractivity contribution in [2.75, 3.05) is 5.32 Å². The number of aliphatic hydroxyl groups excluding tert-OH is 1. The highest BCUT2D eigenvalue weighted by Crippen LogP contribution is 2.28. The van der Waals surface area contributed by atoms with Crippen LogP contribution in [0, 0.1) is 6.92 Å². The van der Waals surface area contributed by atoms with Crippen molar-refractivity contribution in [3.05, 3.63) is 47.0 Å². The molecule has 0 aromatic carbocycles. The molecule has 0 unspecified atom stereocenters. The summed E-state index contributed by atoms with van der Waals surface area (Å²) in [6, 6.07) is 5.92. The summed E-state index contributed by atoms with van der Waals surface area (Å²) >= 11 is 0. The number of anilines is 1. The van der Waals surface area contributed by atoms with Crippen LogP contribution in [0.4, 0.5) is 19.1 Å². The Bertz CT molecular complexity index is 631. The second kappa shape index (κ2) is 6.04. The molecule has 0 aliphatic rings. The number of nitrogens with one attached hydrogen (secondary N) is 1. The monoisotopic (exact) mass is 298 g/mol. The number of aliphatic hydroxyl groups is 1. The molecule has 8 heteroatoms. The fraction of sp³-hybridized carbons (Fsp3) is 0.308. The van der Waals surface area contributed by atoms with E-state index in [1.807, 2.05) is 0 Å². The molecule has 21 heavy (non-hydrogen) atoms. The first-order valence-corrected chi connectivity index (χ1v) is 6.11. The van der Waals surface area contributed by atoms with Crippen LogP contribution < -0.4 is 5.32 Å². The van der Waals surface area contributed by atoms with E-state index >= 15 is 0 Å². The molecule has 0 bridgehead atoms. The molecule has 0 aliphatic carbocycles. The molecule has 2 aromatic rings. The van der Waals surface area contributed by atoms with E-state index in [1.54, 1.807) is 18.2 Å². The first kappa shape index (κ1) is 15.2. The molecule has 0 aliphatic heterocycles. The van der Waals surface area contributed by atoms with Crippen LogP contribution in [-0.2, 0) is 19.3 Å². The number of rotatable bonds is 4. The maximum Gasteiger partial charge on any atom is 0.433 e. The number of halogens is 3. The summed E-state index contributed by atoms with van der Waals surface area (Å²) in [6.45, 7) is 1.42. The van der Waals surface area contributed by atoms with Crippen molar-refractivity contribution in [2.45, 2.75) is 26.3 Å². The molecular formula is C13H13F3N4O. The van der Waals surface area contributed by atoms with E-state index in [2.05, 4.69) is 20.3 Å². The van der Waals surface area contributed by atoms with Gasteiger partial charge in [-0.15, -0.1) is 0 Å². The van der Waals surface area contributed by atoms with E-state index in [0.29, 0.717) is 11.4 Å². The summed E-state index contributed by atoms with van der Waals surface area (Å²) in [5, 5.41) is 11.7. The number of hydrogen-bond acceptors (Lipinski definition) is 5. The Morgan fingerprint density at radius 2 is 1.86 bits per heavy atom. The lowest BCUT2D eigenvalue weighted by Gasteiger charge is -2.10. The maximum atomic E-state index is 12.7. The molecule has 5 nitrogen and oxygen atoms in total. The van der Waals surface area contributed by atoms with Crippen LogP contribution in [-0.4, -0.2) is 20.1 Å². The quantitative estimate of drug-likeness (QED) is 0.906. The van der Waals surface area contributed by atoms with E-state index in [1.165, 1.54) is 6.92 Å². The van der Waals surface area contributed by atoms with Gasteiger partial charge in [0.05, 0.1) is 24.5 Å². The van der Waals surface area contributed by atoms with Gasteiger partial charge in [-0.2, -0.15) is 13.2 Å². The average molecular weight is 298 g/mol. The molecule has 0 atom stereocenters. The summed E-state index contributed by atoms with van der Waals surface area (Å²) in [4.78, 5) is 11.5. The van der Waals surface area contributed by atoms with Gasteiger partial charge in [-0.1, -0.05) is 6.07 Å². The van der Waals surface area contributed by atoms with Crippen molar-refractivity contribution in [3.8, 4) is 0 Å². The molecule has 2 heterocycles. The van der Waals surface area contributed by atoms with Crippen molar-refractivity contribution in [3.63, 3.8) is 0 Å². The minimum absolute atomic E-state index is 0.112. The van der Waals surface area contributed by atoms with Gasteiger partial charge in [-0.05, 0) is 25.1 Å². The molecule has 0 radical (unpaired) electrons. The third kappa shape index (κ3) is 4.12. The van der Waals surface area contributed by atoms with Crippen molar-refractivity contribution in [1.29, 1.82) is 0 Å². The number of aromatic nitrogens is 3. The van der Waals surface area contributed by atoms with Crippen LogP contribution in [0.1, 0.15) is 22.8 Å². The topological polar surface area (TPSA) is 70.9 Å². The van der Waals surface area contributed by atoms with Gasteiger partial charge in [0.1, 0.15) is 5.69 Å². The third-order valence-electron chi connectivity index (χ3n) is 2.60. The average Bonchev–Trinajstić information content (AvgIpc) is 2.44. The Kier molecular flexibility index (Phi) is 4.37. The summed E-state index contributed by atoms with van der Waals surface area (Å²) in [5.74, 6) is -0.112. The number of aryl methyl sites for hydroxylation is 1. The maximum absolute atomic E-state index is 12.7. The van der Waals surface area contributed by atoms with Crippen molar-refractivity contribution in [1.82, 2.24) is 15.0 Å². The fourth-order valence-electron chi connectivity index (χ4n) is 1.68. The van der Waals surface area contributed by atoms with Gasteiger partial charge >= 0.3 is 6.18 Å². The Labute approximate surface area is 118 Å². The van der Waals surface area contributed by atoms with Crippen LogP contribution >= 0.6 is 0 Å². The van der Waals surface area contributed by atoms with Crippen LogP contribution in [0.25, 0.3) is 0 Å². The molecule has 0 amide bonds. The number of pyridine rings is 1. The van der Waals surface area contributed by atoms with E-state index in [4.69, 9.17) is 5.11 Å². The van der Waals surface area contributed by atoms with E-state index in [9.17, 15) is 13.2 Å². The predicted octanol–water partition coefficient (Wildman–Crippen LogP) is 2.30. The highest BCUT2D eigenvalue weighted by Gasteiger charge is 2.33. The first-order valence-electron chi connectivity index (χ1n) is 6.11. The van der Waals surface area contributed by atoms with E-state index in [0.717, 1.165) is 6.07 Å². The number of hydrogen-bond donors (Lipinski definition) is 2. The molecule has 0 spiro atoms. The zero-order valence-corrected chi connectivity index (χ0v) is 11.1. The normalized spacial score (nSPS) is 11.5. The Morgan fingerprint density at radius 1 is 1.14 bits per heavy atom. The SMILES string of the molecule is Cc1cc(C(F)(F)F)nc(NCc2cccc(CO)n2)n1. The highest BCUT2D eigenvalue weighted by molar-refractivity contribution is 5.30. The summed E-state index contributed by atoms with van der Waals surface area (Å²) < 4.78 is 38.0. The zero-order chi connectivity index (χ0) is 15.5. The molecule has 2 N–H and O–H groups in total. The molecule has 0 saturated carbocycles. The van der Waals surface area contributed by atoms with Gasteiger partial charge in [-0.25, -0.2) is 9.97 Å². The van der Waals surface area contributed by atoms with Crippen LogP contribution in [0.15, 0.2) is 24.3 Å². The van der Waals surface area contributed by atoms with Crippen molar-refractivity contribution in [2.24, 2.45) is 0 Å². The number of nitrogens with zero attached hydrogens (tertiary/aromatic N) is 3. The lowest BCUT2D eigenvalue weighted by Crippen LogP contribution is -2.13. The van der Waals surface area contributed by atoms with Gasteiger partial charge in [0.2, 0.25) is 5.95 Å². The summed E-state index contributed by atoms with van der Waals surface area (Å²) in [5.41, 5.74) is 0.280. The lowest BCUT2D eigenvalue weighted by molar-refractivity contribution is -0.141. The third-order valence-corrected chi connectivity index (χ3v) is 2.60. The molecule has 0 saturated heterocycles. The predicted molar refractivity (Wildman–Crippen MR) is 69.3 cm³/mol. The van der Waals surface area contributed by atoms with Gasteiger partial charge < -0.3 is 10.4 Å². The highest BCUT2D eigenvalue weighted by atomic mass is 19.4. The largest absolute Gasteiger partial charge is 0.433 e. The minimum Gasteiger partial charge on any atom is -0.390 e. The summed E-state index contributed by atoms with van der Waals surface area (Å²) in [6.07, 6.45) is -4.51. The fourth-order valence-corrected chi connectivity index (χ4v) is 1.68. The van der Waals surface area contributed by atoms with Gasteiger partial charge in [-0.3, -0.25) is 4.98 Å². The van der Waals surface area contributed by atoms with Crippen LogP contribution in [0.3, 0.4) is 0 Å². The second-order valence-electron chi connectivity index (χ2n) is 4.35. The van der Waals surface area contributed by atoms with Gasteiger partial charge in [0.15, 0.2) is 0 Å². The van der Waals surface area contributed by atoms with Crippen LogP contribution in [0.2, 0.25) is 0 Å². The Balaban J connectivity index is 2.14. The second-order valence-corrected chi connectivity index (χ2v) is 4.35. The molecular weight excluding hydrogens is 285 g/mol.